The fourth-order valence-corrected chi connectivity index (χ4v) is 12.9. The number of primary amides is 1. The van der Waals surface area contributed by atoms with E-state index in [0.29, 0.717) is 47.0 Å². The van der Waals surface area contributed by atoms with Gasteiger partial charge >= 0.3 is 0 Å². The van der Waals surface area contributed by atoms with Crippen LogP contribution in [0.5, 0.6) is 11.5 Å². The number of aromatic nitrogens is 2. The van der Waals surface area contributed by atoms with Gasteiger partial charge in [-0.15, -0.1) is 6.58 Å². The normalized spacial score (nSPS) is 25.5. The Hall–Kier alpha value is -11.0. The quantitative estimate of drug-likeness (QED) is 0.0575. The summed E-state index contributed by atoms with van der Waals surface area (Å²) in [4.78, 5) is 208. The first kappa shape index (κ1) is 87.9. The zero-order chi connectivity index (χ0) is 81.4. The molecule has 33 nitrogen and oxygen atoms in total. The molecule has 0 bridgehead atoms. The third-order valence-corrected chi connectivity index (χ3v) is 19.3. The second-order valence-corrected chi connectivity index (χ2v) is 30.1. The number of carbonyl (C=O) groups excluding carboxylic acids is 14. The average Bonchev–Trinajstić information content (AvgIpc) is 1.67. The number of pyridine rings is 1. The molecule has 0 aliphatic carbocycles. The van der Waals surface area contributed by atoms with Gasteiger partial charge in [0.2, 0.25) is 82.7 Å². The lowest BCUT2D eigenvalue weighted by Crippen LogP contribution is -2.65. The van der Waals surface area contributed by atoms with E-state index in [1.807, 2.05) is 0 Å². The lowest BCUT2D eigenvalue weighted by atomic mass is 9.85. The van der Waals surface area contributed by atoms with Crippen LogP contribution in [0.25, 0.3) is 11.0 Å². The first-order valence-electron chi connectivity index (χ1n) is 37.3. The van der Waals surface area contributed by atoms with Crippen molar-refractivity contribution >= 4 is 93.7 Å². The van der Waals surface area contributed by atoms with Gasteiger partial charge in [-0.25, -0.2) is 4.98 Å². The van der Waals surface area contributed by atoms with Crippen molar-refractivity contribution in [2.45, 2.75) is 250 Å². The van der Waals surface area contributed by atoms with E-state index in [1.165, 1.54) is 101 Å². The standard InChI is InChI=1S/C77H110N16O17/c1-12-14-16-35-77(11)74(110)82-43(3)64(100)85-55(39-46-27-31-49(96)32-28-46)66(102)84-53(21-13-2)67(103)91-76(9,10)73(109)88-52(62(78)99)23-15-17-36-79-59(98)26-18-24-54(83-45(5)95)65(101)90-61(75(6,7)8)71(107)87-57(40-47-29-33-50(97)34-30-47)72(108)93-38-20-25-58(93)69(105)89-60(44(4)94)70(106)86-56(68(104)92-77)41-48-42-81-63-51(48)22-19-37-80-63/h12,19,22,27-34,37,42-44,52-58,60-61,94,96-97H,1,13-18,20-21,23-26,35-36,38-41H2,2-11H3,(H2,78,99)(H,79,98)(H,80,81)(H,82,110)(H,83,95)(H,84,102)(H,85,100)(H,86,106)(H,87,107)(H,88,109)(H,89,105)(H,90,101)(H,91,103)(H,92,104)/t43-,44+,52-,53-,54-,55-,56-,57-,58-,60-,61+,77-/m0/s1. The van der Waals surface area contributed by atoms with Crippen LogP contribution in [0, 0.1) is 5.41 Å². The first-order chi connectivity index (χ1) is 51.8. The van der Waals surface area contributed by atoms with Gasteiger partial charge < -0.3 is 94.7 Å². The number of nitrogens with zero attached hydrogens (tertiary/aromatic N) is 2. The van der Waals surface area contributed by atoms with Crippen LogP contribution in [0.3, 0.4) is 0 Å². The van der Waals surface area contributed by atoms with Crippen LogP contribution < -0.4 is 69.5 Å². The number of fused-ring (bicyclic) bond motifs is 2. The molecule has 2 aliphatic heterocycles. The minimum atomic E-state index is -1.89. The SMILES string of the molecule is C=CCCC[C@]1(C)NC(=O)[C@H](Cc2c[nH]c3ncccc23)NC(=O)[C@H]([C@@H](C)O)NC(=O)[C@@H]2CCCN2C(=O)[C@H](Cc2ccc(O)cc2)NC(=O)[C@H](C(C)(C)C)NC(=O)[C@@H](NC(C)=O)CCCC(=O)NCCCC[C@@H](C(N)=O)NC(=O)C(C)(C)NC(=O)[C@H](CCC)NC(=O)[C@H](Cc2ccc(O)cc2)NC(=O)[C@H](C)NC1=O. The number of phenols is 2. The highest BCUT2D eigenvalue weighted by Crippen LogP contribution is 2.26. The molecular formula is C77H110N16O17. The van der Waals surface area contributed by atoms with Crippen molar-refractivity contribution in [2.24, 2.45) is 11.1 Å². The molecule has 4 aromatic rings. The molecule has 0 radical (unpaired) electrons. The number of hydrogen-bond donors (Lipinski definition) is 17. The van der Waals surface area contributed by atoms with Crippen LogP contribution in [0.2, 0.25) is 0 Å². The molecule has 600 valence electrons. The highest BCUT2D eigenvalue weighted by atomic mass is 16.3. The van der Waals surface area contributed by atoms with Gasteiger partial charge in [-0.2, -0.15) is 0 Å². The molecule has 33 heteroatoms. The molecule has 2 aliphatic rings. The molecule has 0 saturated carbocycles. The molecule has 18 N–H and O–H groups in total. The predicted octanol–water partition coefficient (Wildman–Crippen LogP) is 0.705. The monoisotopic (exact) mass is 1530 g/mol. The number of nitrogens with one attached hydrogen (secondary N) is 13. The Bertz CT molecular complexity index is 3950. The van der Waals surface area contributed by atoms with E-state index >= 15 is 9.59 Å². The first-order valence-corrected chi connectivity index (χ1v) is 37.3. The van der Waals surface area contributed by atoms with Gasteiger partial charge in [0.05, 0.1) is 6.10 Å². The summed E-state index contributed by atoms with van der Waals surface area (Å²) in [5.41, 5.74) is 2.84. The highest BCUT2D eigenvalue weighted by molar-refractivity contribution is 6.01. The number of aliphatic hydroxyl groups excluding tert-OH is 1. The number of amides is 14. The van der Waals surface area contributed by atoms with Crippen molar-refractivity contribution in [1.29, 1.82) is 0 Å². The fourth-order valence-electron chi connectivity index (χ4n) is 12.9. The maximum absolute atomic E-state index is 15.2. The number of H-pyrrole nitrogens is 1. The van der Waals surface area contributed by atoms with E-state index in [9.17, 15) is 72.9 Å². The van der Waals surface area contributed by atoms with E-state index in [0.717, 1.165) is 0 Å². The number of aromatic amines is 1. The second kappa shape index (κ2) is 40.4. The Kier molecular flexibility index (Phi) is 32.3. The van der Waals surface area contributed by atoms with Crippen LogP contribution >= 0.6 is 0 Å². The Labute approximate surface area is 639 Å². The van der Waals surface area contributed by atoms with E-state index in [2.05, 4.69) is 80.3 Å². The van der Waals surface area contributed by atoms with Crippen molar-refractivity contribution in [1.82, 2.24) is 78.7 Å². The van der Waals surface area contributed by atoms with Gasteiger partial charge in [-0.1, -0.05) is 64.5 Å². The second-order valence-electron chi connectivity index (χ2n) is 30.1. The summed E-state index contributed by atoms with van der Waals surface area (Å²) in [5, 5.41) is 64.5. The summed E-state index contributed by atoms with van der Waals surface area (Å²) in [5.74, 6) is -11.7. The largest absolute Gasteiger partial charge is 0.508 e. The Balaban J connectivity index is 1.37. The Morgan fingerprint density at radius 3 is 1.91 bits per heavy atom. The number of nitrogens with two attached hydrogens (primary N) is 1. The topological polar surface area (TPSA) is 502 Å². The van der Waals surface area contributed by atoms with E-state index in [4.69, 9.17) is 5.73 Å². The number of benzene rings is 2. The van der Waals surface area contributed by atoms with E-state index in [-0.39, 0.29) is 108 Å². The smallest absolute Gasteiger partial charge is 0.246 e. The summed E-state index contributed by atoms with van der Waals surface area (Å²) in [6.07, 6.45) is 3.96. The molecule has 4 heterocycles. The highest BCUT2D eigenvalue weighted by Gasteiger charge is 2.45. The maximum Gasteiger partial charge on any atom is 0.246 e. The molecule has 2 fully saturated rings. The van der Waals surface area contributed by atoms with Crippen LogP contribution in [-0.4, -0.2) is 204 Å². The number of carbonyl (C=O) groups is 14. The number of phenolic OH excluding ortho intramolecular Hbond substituents is 2. The van der Waals surface area contributed by atoms with Crippen LogP contribution in [0.15, 0.2) is 85.7 Å². The number of unbranched alkanes of at least 4 members (excludes halogenated alkanes) is 1. The molecule has 2 saturated heterocycles. The van der Waals surface area contributed by atoms with Crippen molar-refractivity contribution in [2.75, 3.05) is 13.1 Å². The number of aliphatic hydroxyl groups is 1. The Morgan fingerprint density at radius 1 is 0.691 bits per heavy atom. The van der Waals surface area contributed by atoms with Crippen LogP contribution in [0.4, 0.5) is 0 Å². The minimum absolute atomic E-state index is 0.0182. The van der Waals surface area contributed by atoms with Gasteiger partial charge in [0.15, 0.2) is 0 Å². The van der Waals surface area contributed by atoms with Gasteiger partial charge in [0.25, 0.3) is 0 Å². The molecule has 2 aromatic carbocycles. The molecule has 2 aromatic heterocycles. The van der Waals surface area contributed by atoms with Gasteiger partial charge in [-0.3, -0.25) is 67.1 Å². The molecule has 0 spiro atoms. The van der Waals surface area contributed by atoms with Crippen molar-refractivity contribution < 1.29 is 82.4 Å². The summed E-state index contributed by atoms with van der Waals surface area (Å²) < 4.78 is 0. The average molecular weight is 1530 g/mol. The lowest BCUT2D eigenvalue weighted by Gasteiger charge is -2.34. The zero-order valence-electron chi connectivity index (χ0n) is 64.3. The van der Waals surface area contributed by atoms with E-state index in [1.54, 1.807) is 52.1 Å². The van der Waals surface area contributed by atoms with E-state index < -0.39 is 166 Å². The molecule has 0 unspecified atom stereocenters. The number of rotatable bonds is 15. The fraction of sp³-hybridized carbons (Fsp3) is 0.545. The molecule has 110 heavy (non-hydrogen) atoms. The molecule has 12 atom stereocenters. The number of allylic oxidation sites excluding steroid dienone is 1. The molecular weight excluding hydrogens is 1420 g/mol. The Morgan fingerprint density at radius 2 is 1.30 bits per heavy atom. The summed E-state index contributed by atoms with van der Waals surface area (Å²) in [6, 6.07) is 0.574. The lowest BCUT2D eigenvalue weighted by molar-refractivity contribution is -0.143. The minimum Gasteiger partial charge on any atom is -0.508 e. The molecule has 14 amide bonds. The maximum atomic E-state index is 15.2. The summed E-state index contributed by atoms with van der Waals surface area (Å²) in [6.45, 7) is 18.5. The molecule has 6 rings (SSSR count). The van der Waals surface area contributed by atoms with Gasteiger partial charge in [0, 0.05) is 63.5 Å². The van der Waals surface area contributed by atoms with Gasteiger partial charge in [-0.05, 0) is 164 Å². The van der Waals surface area contributed by atoms with Crippen molar-refractivity contribution in [3.63, 3.8) is 0 Å². The predicted molar refractivity (Wildman–Crippen MR) is 406 cm³/mol. The van der Waals surface area contributed by atoms with Crippen LogP contribution in [-0.2, 0) is 86.4 Å². The van der Waals surface area contributed by atoms with Crippen molar-refractivity contribution in [3.8, 4) is 11.5 Å². The zero-order valence-corrected chi connectivity index (χ0v) is 64.3. The summed E-state index contributed by atoms with van der Waals surface area (Å²) >= 11 is 0. The third-order valence-electron chi connectivity index (χ3n) is 19.3. The van der Waals surface area contributed by atoms with Crippen molar-refractivity contribution in [3.05, 3.63) is 102 Å². The van der Waals surface area contributed by atoms with Gasteiger partial charge in [0.1, 0.15) is 88.6 Å². The van der Waals surface area contributed by atoms with Crippen LogP contribution in [0.1, 0.15) is 169 Å². The number of hydrogen-bond acceptors (Lipinski definition) is 18. The third kappa shape index (κ3) is 25.8. The summed E-state index contributed by atoms with van der Waals surface area (Å²) in [7, 11) is 0. The number of aromatic hydroxyl groups is 2.